The number of aromatic nitrogens is 2. The van der Waals surface area contributed by atoms with Gasteiger partial charge in [0, 0.05) is 44.6 Å². The van der Waals surface area contributed by atoms with Crippen LogP contribution in [-0.2, 0) is 4.79 Å². The number of pyridine rings is 1. The third-order valence-corrected chi connectivity index (χ3v) is 5.04. The number of hydrogen-bond donors (Lipinski definition) is 1. The number of piperazine rings is 1. The SMILES string of the molecule is CC(C(=O)NC1CC1)N1CCN(C(=O)c2cn3ccccc3n2)CC1. The van der Waals surface area contributed by atoms with Crippen molar-refractivity contribution in [1.82, 2.24) is 24.5 Å². The van der Waals surface area contributed by atoms with Gasteiger partial charge in [-0.1, -0.05) is 6.07 Å². The number of carbonyl (C=O) groups excluding carboxylic acids is 2. The minimum atomic E-state index is -0.145. The van der Waals surface area contributed by atoms with Crippen LogP contribution >= 0.6 is 0 Å². The second-order valence-electron chi connectivity index (χ2n) is 6.88. The molecule has 2 aromatic rings. The van der Waals surface area contributed by atoms with Crippen molar-refractivity contribution < 1.29 is 9.59 Å². The van der Waals surface area contributed by atoms with Crippen molar-refractivity contribution in [2.75, 3.05) is 26.2 Å². The summed E-state index contributed by atoms with van der Waals surface area (Å²) >= 11 is 0. The summed E-state index contributed by atoms with van der Waals surface area (Å²) in [6, 6.07) is 5.94. The van der Waals surface area contributed by atoms with Crippen LogP contribution < -0.4 is 5.32 Å². The molecule has 2 fully saturated rings. The van der Waals surface area contributed by atoms with Gasteiger partial charge in [0.25, 0.3) is 5.91 Å². The van der Waals surface area contributed by atoms with Crippen LogP contribution in [0.4, 0.5) is 0 Å². The van der Waals surface area contributed by atoms with Crippen LogP contribution in [-0.4, -0.2) is 69.3 Å². The van der Waals surface area contributed by atoms with E-state index in [9.17, 15) is 9.59 Å². The van der Waals surface area contributed by atoms with Crippen molar-refractivity contribution in [2.45, 2.75) is 31.8 Å². The summed E-state index contributed by atoms with van der Waals surface area (Å²) in [6.45, 7) is 4.59. The average Bonchev–Trinajstić information content (AvgIpc) is 3.35. The van der Waals surface area contributed by atoms with Crippen molar-refractivity contribution in [3.63, 3.8) is 0 Å². The second-order valence-corrected chi connectivity index (χ2v) is 6.88. The molecule has 3 heterocycles. The smallest absolute Gasteiger partial charge is 0.274 e. The summed E-state index contributed by atoms with van der Waals surface area (Å²) < 4.78 is 1.85. The van der Waals surface area contributed by atoms with Crippen molar-refractivity contribution in [2.24, 2.45) is 0 Å². The third-order valence-electron chi connectivity index (χ3n) is 5.04. The molecular formula is C18H23N5O2. The minimum absolute atomic E-state index is 0.0431. The van der Waals surface area contributed by atoms with E-state index in [0.717, 1.165) is 18.5 Å². The summed E-state index contributed by atoms with van der Waals surface area (Å²) in [7, 11) is 0. The van der Waals surface area contributed by atoms with E-state index in [1.165, 1.54) is 0 Å². The number of imidazole rings is 1. The van der Waals surface area contributed by atoms with Gasteiger partial charge in [-0.05, 0) is 31.9 Å². The Morgan fingerprint density at radius 2 is 1.96 bits per heavy atom. The van der Waals surface area contributed by atoms with Crippen LogP contribution in [0.3, 0.4) is 0 Å². The number of fused-ring (bicyclic) bond motifs is 1. The van der Waals surface area contributed by atoms with E-state index in [1.54, 1.807) is 6.20 Å². The first-order chi connectivity index (χ1) is 12.1. The molecule has 1 atom stereocenters. The highest BCUT2D eigenvalue weighted by atomic mass is 16.2. The quantitative estimate of drug-likeness (QED) is 0.891. The Balaban J connectivity index is 1.36. The molecule has 2 amide bonds. The van der Waals surface area contributed by atoms with Crippen LogP contribution in [0.2, 0.25) is 0 Å². The zero-order valence-corrected chi connectivity index (χ0v) is 14.4. The zero-order valence-electron chi connectivity index (χ0n) is 14.4. The molecule has 25 heavy (non-hydrogen) atoms. The molecule has 1 aliphatic carbocycles. The molecule has 0 radical (unpaired) electrons. The van der Waals surface area contributed by atoms with Crippen molar-refractivity contribution in [3.8, 4) is 0 Å². The molecule has 2 aliphatic rings. The summed E-state index contributed by atoms with van der Waals surface area (Å²) in [4.78, 5) is 33.2. The lowest BCUT2D eigenvalue weighted by molar-refractivity contribution is -0.126. The fourth-order valence-electron chi connectivity index (χ4n) is 3.23. The van der Waals surface area contributed by atoms with Crippen molar-refractivity contribution in [3.05, 3.63) is 36.3 Å². The van der Waals surface area contributed by atoms with Crippen LogP contribution in [0.1, 0.15) is 30.3 Å². The van der Waals surface area contributed by atoms with Gasteiger partial charge in [0.2, 0.25) is 5.91 Å². The van der Waals surface area contributed by atoms with Gasteiger partial charge in [0.15, 0.2) is 0 Å². The van der Waals surface area contributed by atoms with E-state index in [4.69, 9.17) is 0 Å². The minimum Gasteiger partial charge on any atom is -0.352 e. The lowest BCUT2D eigenvalue weighted by atomic mass is 10.2. The lowest BCUT2D eigenvalue weighted by Gasteiger charge is -2.37. The molecule has 1 N–H and O–H groups in total. The van der Waals surface area contributed by atoms with Gasteiger partial charge < -0.3 is 14.6 Å². The molecule has 2 aromatic heterocycles. The van der Waals surface area contributed by atoms with Gasteiger partial charge in [-0.3, -0.25) is 14.5 Å². The molecule has 0 spiro atoms. The molecule has 1 unspecified atom stereocenters. The van der Waals surface area contributed by atoms with Gasteiger partial charge in [-0.15, -0.1) is 0 Å². The number of nitrogens with one attached hydrogen (secondary N) is 1. The predicted octanol–water partition coefficient (Wildman–Crippen LogP) is 0.759. The number of hydrogen-bond acceptors (Lipinski definition) is 4. The molecule has 0 aromatic carbocycles. The average molecular weight is 341 g/mol. The van der Waals surface area contributed by atoms with Gasteiger partial charge in [0.05, 0.1) is 6.04 Å². The van der Waals surface area contributed by atoms with Crippen molar-refractivity contribution in [1.29, 1.82) is 0 Å². The topological polar surface area (TPSA) is 70.0 Å². The Labute approximate surface area is 146 Å². The van der Waals surface area contributed by atoms with Gasteiger partial charge in [0.1, 0.15) is 11.3 Å². The van der Waals surface area contributed by atoms with E-state index < -0.39 is 0 Å². The Hall–Kier alpha value is -2.41. The Kier molecular flexibility index (Phi) is 4.17. The maximum absolute atomic E-state index is 12.7. The Morgan fingerprint density at radius 3 is 2.64 bits per heavy atom. The summed E-state index contributed by atoms with van der Waals surface area (Å²) in [5, 5.41) is 3.05. The van der Waals surface area contributed by atoms with Crippen LogP contribution in [0.15, 0.2) is 30.6 Å². The molecule has 0 bridgehead atoms. The number of rotatable bonds is 4. The Morgan fingerprint density at radius 1 is 1.20 bits per heavy atom. The highest BCUT2D eigenvalue weighted by Crippen LogP contribution is 2.19. The van der Waals surface area contributed by atoms with Crippen molar-refractivity contribution >= 4 is 17.5 Å². The number of amides is 2. The fraction of sp³-hybridized carbons (Fsp3) is 0.500. The van der Waals surface area contributed by atoms with Gasteiger partial charge in [-0.2, -0.15) is 0 Å². The summed E-state index contributed by atoms with van der Waals surface area (Å²) in [5.74, 6) is 0.0565. The van der Waals surface area contributed by atoms with Gasteiger partial charge >= 0.3 is 0 Å². The van der Waals surface area contributed by atoms with Crippen LogP contribution in [0, 0.1) is 0 Å². The first-order valence-corrected chi connectivity index (χ1v) is 8.89. The molecular weight excluding hydrogens is 318 g/mol. The highest BCUT2D eigenvalue weighted by molar-refractivity contribution is 5.93. The zero-order chi connectivity index (χ0) is 17.4. The van der Waals surface area contributed by atoms with Crippen LogP contribution in [0.25, 0.3) is 5.65 Å². The van der Waals surface area contributed by atoms with E-state index in [0.29, 0.717) is 37.9 Å². The first-order valence-electron chi connectivity index (χ1n) is 8.89. The molecule has 1 saturated carbocycles. The molecule has 7 nitrogen and oxygen atoms in total. The standard InChI is InChI=1S/C18H23N5O2/c1-13(17(24)19-14-5-6-14)21-8-10-22(11-9-21)18(25)15-12-23-7-3-2-4-16(23)20-15/h2-4,7,12-14H,5-6,8-11H2,1H3,(H,19,24). The van der Waals surface area contributed by atoms with Gasteiger partial charge in [-0.25, -0.2) is 4.98 Å². The molecule has 1 saturated heterocycles. The highest BCUT2D eigenvalue weighted by Gasteiger charge is 2.31. The second kappa shape index (κ2) is 6.48. The number of nitrogens with zero attached hydrogens (tertiary/aromatic N) is 4. The maximum Gasteiger partial charge on any atom is 0.274 e. The predicted molar refractivity (Wildman–Crippen MR) is 93.3 cm³/mol. The third kappa shape index (κ3) is 3.37. The van der Waals surface area contributed by atoms with E-state index in [2.05, 4.69) is 15.2 Å². The largest absolute Gasteiger partial charge is 0.352 e. The van der Waals surface area contributed by atoms with E-state index in [1.807, 2.05) is 40.6 Å². The van der Waals surface area contributed by atoms with E-state index in [-0.39, 0.29) is 17.9 Å². The molecule has 132 valence electrons. The fourth-order valence-corrected chi connectivity index (χ4v) is 3.23. The molecule has 1 aliphatic heterocycles. The van der Waals surface area contributed by atoms with Crippen LogP contribution in [0.5, 0.6) is 0 Å². The van der Waals surface area contributed by atoms with E-state index >= 15 is 0 Å². The Bertz CT molecular complexity index is 757. The molecule has 7 heteroatoms. The summed E-state index contributed by atoms with van der Waals surface area (Å²) in [5.41, 5.74) is 1.24. The lowest BCUT2D eigenvalue weighted by Crippen LogP contribution is -2.55. The molecule has 4 rings (SSSR count). The number of carbonyl (C=O) groups is 2. The maximum atomic E-state index is 12.7. The first kappa shape index (κ1) is 16.1. The monoisotopic (exact) mass is 341 g/mol. The normalized spacial score (nSPS) is 19.8. The summed E-state index contributed by atoms with van der Waals surface area (Å²) in [6.07, 6.45) is 5.85.